The van der Waals surface area contributed by atoms with E-state index < -0.39 is 27.8 Å². The van der Waals surface area contributed by atoms with Gasteiger partial charge in [0, 0.05) is 29.6 Å². The molecule has 1 fully saturated rings. The number of para-hydroxylation sites is 1. The van der Waals surface area contributed by atoms with Crippen molar-refractivity contribution in [2.24, 2.45) is 0 Å². The molecule has 0 bridgehead atoms. The Balaban J connectivity index is 1.42. The number of alkyl halides is 1. The predicted octanol–water partition coefficient (Wildman–Crippen LogP) is 4.64. The number of amides is 3. The fraction of sp³-hybridized carbons (Fsp3) is 0.296. The number of anilines is 3. The molecular weight excluding hydrogens is 509 g/mol. The number of rotatable bonds is 7. The van der Waals surface area contributed by atoms with E-state index in [1.54, 1.807) is 66.9 Å². The molecule has 1 aromatic heterocycles. The number of nitrogens with zero attached hydrogens (tertiary/aromatic N) is 2. The van der Waals surface area contributed by atoms with E-state index in [1.807, 2.05) is 0 Å². The Morgan fingerprint density at radius 1 is 1.08 bits per heavy atom. The summed E-state index contributed by atoms with van der Waals surface area (Å²) >= 11 is 0. The highest BCUT2D eigenvalue weighted by molar-refractivity contribution is 7.92. The monoisotopic (exact) mass is 539 g/mol. The summed E-state index contributed by atoms with van der Waals surface area (Å²) in [5.41, 5.74) is 1.26. The first-order valence-electron chi connectivity index (χ1n) is 12.1. The lowest BCUT2D eigenvalue weighted by Crippen LogP contribution is -2.53. The minimum atomic E-state index is -3.46. The first-order valence-corrected chi connectivity index (χ1v) is 14.0. The van der Waals surface area contributed by atoms with Crippen molar-refractivity contribution in [3.8, 4) is 11.1 Å². The van der Waals surface area contributed by atoms with Crippen molar-refractivity contribution in [2.75, 3.05) is 27.7 Å². The largest absolute Gasteiger partial charge is 0.326 e. The molecular formula is C27H30FN5O4S. The number of benzene rings is 2. The zero-order valence-electron chi connectivity index (χ0n) is 21.4. The fourth-order valence-electron chi connectivity index (χ4n) is 4.24. The Hall–Kier alpha value is -3.99. The van der Waals surface area contributed by atoms with Gasteiger partial charge in [0.05, 0.1) is 11.9 Å². The molecule has 3 aromatic rings. The molecule has 1 aliphatic rings. The number of hydrogen-bond donors (Lipinski definition) is 3. The molecule has 1 aliphatic heterocycles. The number of nitrogens with one attached hydrogen (secondary N) is 3. The minimum Gasteiger partial charge on any atom is -0.326 e. The summed E-state index contributed by atoms with van der Waals surface area (Å²) in [5, 5.41) is 5.40. The Bertz CT molecular complexity index is 1420. The minimum absolute atomic E-state index is 0.277. The zero-order valence-corrected chi connectivity index (χ0v) is 22.2. The van der Waals surface area contributed by atoms with E-state index in [-0.39, 0.29) is 5.91 Å². The Labute approximate surface area is 221 Å². The van der Waals surface area contributed by atoms with E-state index in [0.717, 1.165) is 6.26 Å². The second-order valence-corrected chi connectivity index (χ2v) is 11.4. The second-order valence-electron chi connectivity index (χ2n) is 9.66. The Kier molecular flexibility index (Phi) is 7.68. The van der Waals surface area contributed by atoms with Gasteiger partial charge in [-0.25, -0.2) is 22.6 Å². The molecule has 0 saturated carbocycles. The molecule has 0 spiro atoms. The average molecular weight is 540 g/mol. The van der Waals surface area contributed by atoms with Gasteiger partial charge < -0.3 is 10.6 Å². The van der Waals surface area contributed by atoms with E-state index in [4.69, 9.17) is 0 Å². The van der Waals surface area contributed by atoms with Crippen molar-refractivity contribution in [2.45, 2.75) is 38.4 Å². The molecule has 1 atom stereocenters. The van der Waals surface area contributed by atoms with Gasteiger partial charge >= 0.3 is 6.03 Å². The van der Waals surface area contributed by atoms with Crippen LogP contribution in [0.15, 0.2) is 66.9 Å². The Morgan fingerprint density at radius 3 is 2.42 bits per heavy atom. The lowest BCUT2D eigenvalue weighted by Gasteiger charge is -2.32. The second kappa shape index (κ2) is 10.8. The summed E-state index contributed by atoms with van der Waals surface area (Å²) in [6.45, 7) is 3.37. The SMILES string of the molecule is CC(C)(F)c1ccc(NC(=O)N[C@@H]2CCCN(c3ccc(-c4ccccc4NS(C)(=O)=O)cn3)C2=O)cc1. The molecule has 4 rings (SSSR count). The van der Waals surface area contributed by atoms with Gasteiger partial charge in [0.25, 0.3) is 5.91 Å². The molecule has 200 valence electrons. The van der Waals surface area contributed by atoms with E-state index in [1.165, 1.54) is 18.7 Å². The van der Waals surface area contributed by atoms with Gasteiger partial charge in [0.2, 0.25) is 10.0 Å². The van der Waals surface area contributed by atoms with Crippen molar-refractivity contribution in [3.63, 3.8) is 0 Å². The van der Waals surface area contributed by atoms with Crippen molar-refractivity contribution in [1.82, 2.24) is 10.3 Å². The molecule has 1 saturated heterocycles. The van der Waals surface area contributed by atoms with E-state index >= 15 is 0 Å². The molecule has 11 heteroatoms. The third-order valence-electron chi connectivity index (χ3n) is 6.13. The van der Waals surface area contributed by atoms with Crippen LogP contribution in [-0.2, 0) is 20.5 Å². The number of sulfonamides is 1. The van der Waals surface area contributed by atoms with Crippen molar-refractivity contribution < 1.29 is 22.4 Å². The van der Waals surface area contributed by atoms with Crippen LogP contribution in [0.3, 0.4) is 0 Å². The number of urea groups is 1. The number of carbonyl (C=O) groups excluding carboxylic acids is 2. The summed E-state index contributed by atoms with van der Waals surface area (Å²) in [5.74, 6) is 0.156. The number of pyridine rings is 1. The normalized spacial score (nSPS) is 16.2. The Morgan fingerprint density at radius 2 is 1.79 bits per heavy atom. The highest BCUT2D eigenvalue weighted by Gasteiger charge is 2.31. The molecule has 2 aromatic carbocycles. The number of aromatic nitrogens is 1. The molecule has 38 heavy (non-hydrogen) atoms. The lowest BCUT2D eigenvalue weighted by atomic mass is 10.0. The van der Waals surface area contributed by atoms with Gasteiger partial charge in [0.1, 0.15) is 17.5 Å². The van der Waals surface area contributed by atoms with Gasteiger partial charge in [-0.05, 0) is 62.6 Å². The van der Waals surface area contributed by atoms with Gasteiger partial charge in [-0.15, -0.1) is 0 Å². The maximum absolute atomic E-state index is 14.1. The highest BCUT2D eigenvalue weighted by Crippen LogP contribution is 2.30. The van der Waals surface area contributed by atoms with E-state index in [9.17, 15) is 22.4 Å². The number of hydrogen-bond acceptors (Lipinski definition) is 5. The summed E-state index contributed by atoms with van der Waals surface area (Å²) in [6.07, 6.45) is 3.82. The first kappa shape index (κ1) is 27.1. The van der Waals surface area contributed by atoms with Crippen molar-refractivity contribution in [3.05, 3.63) is 72.4 Å². The molecule has 3 amide bonds. The standard InChI is InChI=1S/C27H30FN5O4S/c1-27(2,28)19-11-13-20(14-12-19)30-26(35)31-23-9-6-16-33(25(23)34)24-15-10-18(17-29-24)21-7-4-5-8-22(21)32-38(3,36)37/h4-5,7-8,10-15,17,23,32H,6,9,16H2,1-3H3,(H2,30,31,35)/t23-/m1/s1. The number of carbonyl (C=O) groups is 2. The number of halogens is 1. The number of piperidine rings is 1. The van der Waals surface area contributed by atoms with Crippen LogP contribution in [0.25, 0.3) is 11.1 Å². The smallest absolute Gasteiger partial charge is 0.319 e. The van der Waals surface area contributed by atoms with Crippen LogP contribution in [0.1, 0.15) is 32.3 Å². The lowest BCUT2D eigenvalue weighted by molar-refractivity contribution is -0.121. The van der Waals surface area contributed by atoms with E-state index in [0.29, 0.717) is 53.3 Å². The quantitative estimate of drug-likeness (QED) is 0.404. The molecule has 3 N–H and O–H groups in total. The molecule has 9 nitrogen and oxygen atoms in total. The zero-order chi connectivity index (χ0) is 27.5. The van der Waals surface area contributed by atoms with Crippen LogP contribution >= 0.6 is 0 Å². The van der Waals surface area contributed by atoms with Crippen molar-refractivity contribution >= 4 is 39.2 Å². The average Bonchev–Trinajstić information content (AvgIpc) is 2.85. The maximum Gasteiger partial charge on any atom is 0.319 e. The van der Waals surface area contributed by atoms with Gasteiger partial charge in [-0.2, -0.15) is 0 Å². The summed E-state index contributed by atoms with van der Waals surface area (Å²) in [6, 6.07) is 15.6. The molecule has 2 heterocycles. The van der Waals surface area contributed by atoms with Crippen LogP contribution in [0.4, 0.5) is 26.4 Å². The predicted molar refractivity (Wildman–Crippen MR) is 146 cm³/mol. The van der Waals surface area contributed by atoms with Crippen LogP contribution in [-0.4, -0.2) is 44.2 Å². The van der Waals surface area contributed by atoms with Crippen LogP contribution in [0, 0.1) is 0 Å². The maximum atomic E-state index is 14.1. The topological polar surface area (TPSA) is 120 Å². The van der Waals surface area contributed by atoms with Gasteiger partial charge in [-0.3, -0.25) is 14.4 Å². The van der Waals surface area contributed by atoms with E-state index in [2.05, 4.69) is 20.3 Å². The third-order valence-corrected chi connectivity index (χ3v) is 6.72. The van der Waals surface area contributed by atoms with Crippen molar-refractivity contribution in [1.29, 1.82) is 0 Å². The summed E-state index contributed by atoms with van der Waals surface area (Å²) < 4.78 is 40.0. The third kappa shape index (κ3) is 6.65. The van der Waals surface area contributed by atoms with Crippen LogP contribution < -0.4 is 20.3 Å². The van der Waals surface area contributed by atoms with Crippen LogP contribution in [0.5, 0.6) is 0 Å². The van der Waals surface area contributed by atoms with Gasteiger partial charge in [0.15, 0.2) is 0 Å². The molecule has 0 radical (unpaired) electrons. The first-order chi connectivity index (χ1) is 17.9. The summed E-state index contributed by atoms with van der Waals surface area (Å²) in [7, 11) is -3.46. The highest BCUT2D eigenvalue weighted by atomic mass is 32.2. The van der Waals surface area contributed by atoms with Gasteiger partial charge in [-0.1, -0.05) is 30.3 Å². The van der Waals surface area contributed by atoms with Crippen LogP contribution in [0.2, 0.25) is 0 Å². The fourth-order valence-corrected chi connectivity index (χ4v) is 4.82. The molecule has 0 unspecified atom stereocenters. The molecule has 0 aliphatic carbocycles. The summed E-state index contributed by atoms with van der Waals surface area (Å²) in [4.78, 5) is 31.7.